The van der Waals surface area contributed by atoms with E-state index in [4.69, 9.17) is 4.74 Å². The molecule has 1 aliphatic heterocycles. The minimum atomic E-state index is 0.748. The van der Waals surface area contributed by atoms with Gasteiger partial charge in [0.2, 0.25) is 0 Å². The molecule has 0 spiro atoms. The van der Waals surface area contributed by atoms with Gasteiger partial charge in [-0.3, -0.25) is 0 Å². The molecule has 2 rings (SSSR count). The number of hydrogen-bond acceptors (Lipinski definition) is 2. The van der Waals surface area contributed by atoms with Crippen molar-refractivity contribution in [3.05, 3.63) is 35.9 Å². The van der Waals surface area contributed by atoms with Crippen molar-refractivity contribution in [2.45, 2.75) is 26.7 Å². The third kappa shape index (κ3) is 2.32. The molecule has 2 heteroatoms. The van der Waals surface area contributed by atoms with Gasteiger partial charge >= 0.3 is 0 Å². The van der Waals surface area contributed by atoms with Crippen LogP contribution in [0.3, 0.4) is 0 Å². The summed E-state index contributed by atoms with van der Waals surface area (Å²) < 4.78 is 5.72. The van der Waals surface area contributed by atoms with Crippen molar-refractivity contribution in [3.63, 3.8) is 0 Å². The maximum Gasteiger partial charge on any atom is 0.145 e. The molecule has 0 aromatic heterocycles. The summed E-state index contributed by atoms with van der Waals surface area (Å²) in [6.45, 7) is 4.87. The van der Waals surface area contributed by atoms with Gasteiger partial charge in [0.1, 0.15) is 11.4 Å². The fraction of sp³-hybridized carbons (Fsp3) is 0.357. The normalized spacial score (nSPS) is 14.0. The molecule has 0 saturated heterocycles. The first-order valence-electron chi connectivity index (χ1n) is 5.77. The highest BCUT2D eigenvalue weighted by Gasteiger charge is 2.09. The van der Waals surface area contributed by atoms with Gasteiger partial charge < -0.3 is 4.74 Å². The summed E-state index contributed by atoms with van der Waals surface area (Å²) in [7, 11) is 0. The molecule has 0 bridgehead atoms. The molecule has 0 atom stereocenters. The van der Waals surface area contributed by atoms with Gasteiger partial charge in [-0.2, -0.15) is 0 Å². The maximum absolute atomic E-state index is 5.72. The summed E-state index contributed by atoms with van der Waals surface area (Å²) in [5.41, 5.74) is 3.27. The first-order chi connectivity index (χ1) is 7.81. The van der Waals surface area contributed by atoms with Crippen LogP contribution in [0.2, 0.25) is 0 Å². The molecule has 1 heterocycles. The fourth-order valence-electron chi connectivity index (χ4n) is 1.76. The Labute approximate surface area is 96.7 Å². The molecular formula is C14H17NO. The average molecular weight is 215 g/mol. The number of fused-ring (bicyclic) bond motifs is 1. The third-order valence-electron chi connectivity index (χ3n) is 2.53. The van der Waals surface area contributed by atoms with Crippen molar-refractivity contribution in [2.24, 2.45) is 4.99 Å². The van der Waals surface area contributed by atoms with Gasteiger partial charge in [0.15, 0.2) is 0 Å². The Morgan fingerprint density at radius 1 is 1.38 bits per heavy atom. The van der Waals surface area contributed by atoms with E-state index in [1.54, 1.807) is 0 Å². The zero-order chi connectivity index (χ0) is 11.4. The van der Waals surface area contributed by atoms with Crippen LogP contribution in [0.1, 0.15) is 25.8 Å². The quantitative estimate of drug-likeness (QED) is 0.753. The number of nitrogens with zero attached hydrogens (tertiary/aromatic N) is 1. The Bertz CT molecular complexity index is 432. The Morgan fingerprint density at radius 3 is 3.06 bits per heavy atom. The van der Waals surface area contributed by atoms with Crippen LogP contribution in [0.4, 0.5) is 5.69 Å². The van der Waals surface area contributed by atoms with Crippen LogP contribution in [0, 0.1) is 0 Å². The van der Waals surface area contributed by atoms with Gasteiger partial charge in [-0.15, -0.1) is 0 Å². The average Bonchev–Trinajstić information content (AvgIpc) is 2.47. The van der Waals surface area contributed by atoms with Crippen LogP contribution >= 0.6 is 0 Å². The zero-order valence-electron chi connectivity index (χ0n) is 9.86. The Morgan fingerprint density at radius 2 is 2.25 bits per heavy atom. The Balaban J connectivity index is 2.38. The summed E-state index contributed by atoms with van der Waals surface area (Å²) in [5.74, 6) is 0.905. The van der Waals surface area contributed by atoms with Gasteiger partial charge in [0.25, 0.3) is 0 Å². The molecule has 0 saturated carbocycles. The number of allylic oxidation sites excluding steroid dienone is 2. The second-order valence-corrected chi connectivity index (χ2v) is 3.97. The summed E-state index contributed by atoms with van der Waals surface area (Å²) in [6, 6.07) is 6.14. The summed E-state index contributed by atoms with van der Waals surface area (Å²) >= 11 is 0. The summed E-state index contributed by atoms with van der Waals surface area (Å²) in [5, 5.41) is 0. The summed E-state index contributed by atoms with van der Waals surface area (Å²) in [6.07, 6.45) is 6.15. The maximum atomic E-state index is 5.72. The molecule has 0 radical (unpaired) electrons. The molecule has 1 aliphatic rings. The van der Waals surface area contributed by atoms with E-state index in [0.29, 0.717) is 0 Å². The lowest BCUT2D eigenvalue weighted by Crippen LogP contribution is -1.96. The van der Waals surface area contributed by atoms with Crippen molar-refractivity contribution in [1.29, 1.82) is 0 Å². The smallest absolute Gasteiger partial charge is 0.145 e. The van der Waals surface area contributed by atoms with Crippen molar-refractivity contribution in [2.75, 3.05) is 6.61 Å². The number of hydrogen-bond donors (Lipinski definition) is 0. The number of rotatable bonds is 3. The van der Waals surface area contributed by atoms with Gasteiger partial charge in [-0.1, -0.05) is 25.1 Å². The molecule has 84 valence electrons. The molecule has 1 aromatic carbocycles. The molecule has 0 unspecified atom stereocenters. The van der Waals surface area contributed by atoms with Crippen LogP contribution in [0.25, 0.3) is 0 Å². The van der Waals surface area contributed by atoms with E-state index in [-0.39, 0.29) is 0 Å². The molecule has 0 fully saturated rings. The minimum Gasteiger partial charge on any atom is -0.491 e. The first-order valence-corrected chi connectivity index (χ1v) is 5.77. The standard InChI is InChI=1S/C14H17NO/c1-3-10-16-13-9-5-8-12-7-4-6-11(2)15-14(12)13/h4-6,8-9H,3,7,10H2,1-2H3. The summed E-state index contributed by atoms with van der Waals surface area (Å²) in [4.78, 5) is 4.60. The van der Waals surface area contributed by atoms with E-state index in [1.165, 1.54) is 5.56 Å². The molecule has 0 N–H and O–H groups in total. The fourth-order valence-corrected chi connectivity index (χ4v) is 1.76. The molecule has 2 nitrogen and oxygen atoms in total. The van der Waals surface area contributed by atoms with Crippen molar-refractivity contribution >= 4 is 11.4 Å². The minimum absolute atomic E-state index is 0.748. The van der Waals surface area contributed by atoms with E-state index in [0.717, 1.165) is 36.6 Å². The zero-order valence-corrected chi connectivity index (χ0v) is 9.86. The van der Waals surface area contributed by atoms with E-state index in [2.05, 4.69) is 30.1 Å². The lowest BCUT2D eigenvalue weighted by molar-refractivity contribution is 0.318. The molecule has 0 amide bonds. The second-order valence-electron chi connectivity index (χ2n) is 3.97. The lowest BCUT2D eigenvalue weighted by Gasteiger charge is -2.10. The monoisotopic (exact) mass is 215 g/mol. The van der Waals surface area contributed by atoms with Gasteiger partial charge in [-0.25, -0.2) is 4.99 Å². The molecule has 1 aromatic rings. The first kappa shape index (κ1) is 10.9. The highest BCUT2D eigenvalue weighted by Crippen LogP contribution is 2.33. The van der Waals surface area contributed by atoms with Gasteiger partial charge in [0, 0.05) is 5.71 Å². The molecular weight excluding hydrogens is 198 g/mol. The van der Waals surface area contributed by atoms with E-state index in [1.807, 2.05) is 19.1 Å². The largest absolute Gasteiger partial charge is 0.491 e. The van der Waals surface area contributed by atoms with Crippen LogP contribution in [-0.4, -0.2) is 12.3 Å². The second kappa shape index (κ2) is 4.97. The number of para-hydroxylation sites is 1. The Hall–Kier alpha value is -1.57. The van der Waals surface area contributed by atoms with E-state index >= 15 is 0 Å². The number of ether oxygens (including phenoxy) is 1. The van der Waals surface area contributed by atoms with Crippen molar-refractivity contribution in [3.8, 4) is 5.75 Å². The van der Waals surface area contributed by atoms with Crippen LogP contribution in [-0.2, 0) is 6.42 Å². The molecule has 0 aliphatic carbocycles. The van der Waals surface area contributed by atoms with E-state index in [9.17, 15) is 0 Å². The lowest BCUT2D eigenvalue weighted by atomic mass is 10.1. The van der Waals surface area contributed by atoms with Crippen LogP contribution in [0.5, 0.6) is 5.75 Å². The number of aliphatic imine (C=N–C) groups is 1. The Kier molecular flexibility index (Phi) is 3.40. The highest BCUT2D eigenvalue weighted by atomic mass is 16.5. The predicted molar refractivity (Wildman–Crippen MR) is 67.8 cm³/mol. The van der Waals surface area contributed by atoms with Crippen molar-refractivity contribution < 1.29 is 4.74 Å². The van der Waals surface area contributed by atoms with Crippen molar-refractivity contribution in [1.82, 2.24) is 0 Å². The third-order valence-corrected chi connectivity index (χ3v) is 2.53. The van der Waals surface area contributed by atoms with Crippen LogP contribution in [0.15, 0.2) is 35.3 Å². The number of benzene rings is 1. The van der Waals surface area contributed by atoms with E-state index < -0.39 is 0 Å². The molecule has 16 heavy (non-hydrogen) atoms. The predicted octanol–water partition coefficient (Wildman–Crippen LogP) is 3.68. The topological polar surface area (TPSA) is 21.6 Å². The highest BCUT2D eigenvalue weighted by molar-refractivity contribution is 5.96. The van der Waals surface area contributed by atoms with Gasteiger partial charge in [-0.05, 0) is 37.5 Å². The van der Waals surface area contributed by atoms with Gasteiger partial charge in [0.05, 0.1) is 6.61 Å². The van der Waals surface area contributed by atoms with Crippen LogP contribution < -0.4 is 4.74 Å². The SMILES string of the molecule is CCCOc1cccc2c1N=C(C)C=CC2.